The summed E-state index contributed by atoms with van der Waals surface area (Å²) < 4.78 is 1.75. The van der Waals surface area contributed by atoms with Crippen LogP contribution in [0.25, 0.3) is 5.69 Å². The zero-order valence-corrected chi connectivity index (χ0v) is 12.6. The smallest absolute Gasteiger partial charge is 0.118 e. The molecule has 1 fully saturated rings. The molecule has 1 atom stereocenters. The molecule has 1 N–H and O–H groups in total. The van der Waals surface area contributed by atoms with Crippen LogP contribution >= 0.6 is 11.8 Å². The summed E-state index contributed by atoms with van der Waals surface area (Å²) in [5.41, 5.74) is 0.959. The van der Waals surface area contributed by atoms with Gasteiger partial charge in [0.15, 0.2) is 0 Å². The molecule has 20 heavy (non-hydrogen) atoms. The Morgan fingerprint density at radius 1 is 1.20 bits per heavy atom. The van der Waals surface area contributed by atoms with E-state index in [1.165, 1.54) is 0 Å². The van der Waals surface area contributed by atoms with Gasteiger partial charge in [0.1, 0.15) is 5.60 Å². The molecule has 0 amide bonds. The fraction of sp³-hybridized carbons (Fsp3) is 0.467. The van der Waals surface area contributed by atoms with Crippen molar-refractivity contribution < 1.29 is 5.11 Å². The lowest BCUT2D eigenvalue weighted by Crippen LogP contribution is -2.41. The number of nitrogens with zero attached hydrogens (tertiary/aromatic N) is 3. The summed E-state index contributed by atoms with van der Waals surface area (Å²) in [6, 6.07) is 9.84. The van der Waals surface area contributed by atoms with E-state index >= 15 is 0 Å². The Morgan fingerprint density at radius 2 is 1.95 bits per heavy atom. The lowest BCUT2D eigenvalue weighted by Gasteiger charge is -2.40. The van der Waals surface area contributed by atoms with E-state index in [1.807, 2.05) is 30.3 Å². The van der Waals surface area contributed by atoms with Crippen molar-refractivity contribution >= 4 is 11.8 Å². The van der Waals surface area contributed by atoms with Crippen LogP contribution in [0.3, 0.4) is 0 Å². The van der Waals surface area contributed by atoms with E-state index in [1.54, 1.807) is 22.6 Å². The highest BCUT2D eigenvalue weighted by molar-refractivity contribution is 7.99. The lowest BCUT2D eigenvalue weighted by atomic mass is 9.80. The normalized spacial score (nSPS) is 25.6. The number of aromatic nitrogens is 3. The SMILES string of the molecule is CC1(C)CSCC(O)(c2cnnn2-c2ccccc2)C1. The van der Waals surface area contributed by atoms with Gasteiger partial charge in [0.05, 0.1) is 17.6 Å². The Kier molecular flexibility index (Phi) is 3.34. The number of para-hydroxylation sites is 1. The molecule has 0 spiro atoms. The summed E-state index contributed by atoms with van der Waals surface area (Å²) in [6.07, 6.45) is 2.42. The third-order valence-electron chi connectivity index (χ3n) is 3.63. The molecule has 2 aromatic rings. The van der Waals surface area contributed by atoms with Gasteiger partial charge in [-0.15, -0.1) is 5.10 Å². The Bertz CT molecular complexity index is 596. The quantitative estimate of drug-likeness (QED) is 0.923. The van der Waals surface area contributed by atoms with Gasteiger partial charge < -0.3 is 5.11 Å². The molecule has 1 unspecified atom stereocenters. The van der Waals surface area contributed by atoms with Crippen LogP contribution in [0, 0.1) is 5.41 Å². The molecule has 0 bridgehead atoms. The van der Waals surface area contributed by atoms with Crippen molar-refractivity contribution in [1.82, 2.24) is 15.0 Å². The topological polar surface area (TPSA) is 50.9 Å². The summed E-state index contributed by atoms with van der Waals surface area (Å²) in [5, 5.41) is 19.2. The van der Waals surface area contributed by atoms with Crippen molar-refractivity contribution in [3.05, 3.63) is 42.2 Å². The maximum absolute atomic E-state index is 11.1. The van der Waals surface area contributed by atoms with Crippen LogP contribution in [0.4, 0.5) is 0 Å². The molecule has 0 saturated carbocycles. The fourth-order valence-corrected chi connectivity index (χ4v) is 4.21. The fourth-order valence-electron chi connectivity index (χ4n) is 2.87. The number of rotatable bonds is 2. The molecule has 1 aliphatic heterocycles. The third-order valence-corrected chi connectivity index (χ3v) is 5.30. The molecule has 1 aliphatic rings. The van der Waals surface area contributed by atoms with Crippen LogP contribution in [0.1, 0.15) is 26.0 Å². The highest BCUT2D eigenvalue weighted by Gasteiger charge is 2.42. The predicted octanol–water partition coefficient (Wildman–Crippen LogP) is 2.62. The molecular formula is C15H19N3OS. The second-order valence-electron chi connectivity index (χ2n) is 6.23. The van der Waals surface area contributed by atoms with E-state index in [-0.39, 0.29) is 5.41 Å². The van der Waals surface area contributed by atoms with Crippen molar-refractivity contribution in [2.24, 2.45) is 5.41 Å². The average Bonchev–Trinajstić information content (AvgIpc) is 2.88. The van der Waals surface area contributed by atoms with Crippen LogP contribution in [0.5, 0.6) is 0 Å². The van der Waals surface area contributed by atoms with Gasteiger partial charge in [-0.1, -0.05) is 37.3 Å². The molecule has 1 saturated heterocycles. The first-order valence-electron chi connectivity index (χ1n) is 6.77. The van der Waals surface area contributed by atoms with E-state index in [2.05, 4.69) is 24.2 Å². The van der Waals surface area contributed by atoms with Crippen LogP contribution in [-0.2, 0) is 5.60 Å². The van der Waals surface area contributed by atoms with Gasteiger partial charge in [-0.2, -0.15) is 11.8 Å². The van der Waals surface area contributed by atoms with Crippen LogP contribution < -0.4 is 0 Å². The van der Waals surface area contributed by atoms with Crippen LogP contribution in [0.2, 0.25) is 0 Å². The van der Waals surface area contributed by atoms with E-state index in [0.29, 0.717) is 5.75 Å². The summed E-state index contributed by atoms with van der Waals surface area (Å²) in [5.74, 6) is 1.76. The van der Waals surface area contributed by atoms with Gasteiger partial charge in [-0.3, -0.25) is 0 Å². The summed E-state index contributed by atoms with van der Waals surface area (Å²) in [7, 11) is 0. The molecule has 3 rings (SSSR count). The maximum Gasteiger partial charge on any atom is 0.118 e. The molecule has 4 nitrogen and oxygen atoms in total. The second-order valence-corrected chi connectivity index (χ2v) is 7.22. The highest BCUT2D eigenvalue weighted by Crippen LogP contribution is 2.44. The minimum Gasteiger partial charge on any atom is -0.383 e. The maximum atomic E-state index is 11.1. The van der Waals surface area contributed by atoms with Crippen molar-refractivity contribution in [2.45, 2.75) is 25.9 Å². The van der Waals surface area contributed by atoms with E-state index in [9.17, 15) is 5.11 Å². The molecule has 0 radical (unpaired) electrons. The Morgan fingerprint density at radius 3 is 2.65 bits per heavy atom. The van der Waals surface area contributed by atoms with Crippen molar-refractivity contribution in [1.29, 1.82) is 0 Å². The first-order valence-corrected chi connectivity index (χ1v) is 7.92. The first-order chi connectivity index (χ1) is 9.50. The molecule has 1 aromatic carbocycles. The number of thioether (sulfide) groups is 1. The molecule has 0 aliphatic carbocycles. The lowest BCUT2D eigenvalue weighted by molar-refractivity contribution is 0.00961. The molecule has 5 heteroatoms. The summed E-state index contributed by atoms with van der Waals surface area (Å²) in [6.45, 7) is 4.39. The number of hydrogen-bond acceptors (Lipinski definition) is 4. The monoisotopic (exact) mass is 289 g/mol. The van der Waals surface area contributed by atoms with E-state index < -0.39 is 5.60 Å². The highest BCUT2D eigenvalue weighted by atomic mass is 32.2. The van der Waals surface area contributed by atoms with Gasteiger partial charge in [0.2, 0.25) is 0 Å². The van der Waals surface area contributed by atoms with Gasteiger partial charge in [-0.25, -0.2) is 4.68 Å². The van der Waals surface area contributed by atoms with Crippen LogP contribution in [0.15, 0.2) is 36.5 Å². The van der Waals surface area contributed by atoms with Crippen molar-refractivity contribution in [3.8, 4) is 5.69 Å². The van der Waals surface area contributed by atoms with Crippen LogP contribution in [-0.4, -0.2) is 31.6 Å². The van der Waals surface area contributed by atoms with E-state index in [0.717, 1.165) is 23.6 Å². The van der Waals surface area contributed by atoms with Crippen molar-refractivity contribution in [3.63, 3.8) is 0 Å². The summed E-state index contributed by atoms with van der Waals surface area (Å²) in [4.78, 5) is 0. The van der Waals surface area contributed by atoms with Gasteiger partial charge >= 0.3 is 0 Å². The Labute approximate surface area is 123 Å². The van der Waals surface area contributed by atoms with Gasteiger partial charge in [-0.05, 0) is 29.7 Å². The second kappa shape index (κ2) is 4.90. The zero-order chi connectivity index (χ0) is 14.2. The Hall–Kier alpha value is -1.33. The molecular weight excluding hydrogens is 270 g/mol. The minimum atomic E-state index is -0.869. The predicted molar refractivity (Wildman–Crippen MR) is 81.0 cm³/mol. The molecule has 2 heterocycles. The number of hydrogen-bond donors (Lipinski definition) is 1. The Balaban J connectivity index is 2.01. The molecule has 1 aromatic heterocycles. The average molecular weight is 289 g/mol. The first kappa shape index (κ1) is 13.6. The number of aliphatic hydroxyl groups is 1. The molecule has 106 valence electrons. The van der Waals surface area contributed by atoms with E-state index in [4.69, 9.17) is 0 Å². The van der Waals surface area contributed by atoms with Gasteiger partial charge in [0.25, 0.3) is 0 Å². The van der Waals surface area contributed by atoms with Crippen molar-refractivity contribution in [2.75, 3.05) is 11.5 Å². The number of benzene rings is 1. The zero-order valence-electron chi connectivity index (χ0n) is 11.8. The summed E-state index contributed by atoms with van der Waals surface area (Å²) >= 11 is 1.79. The largest absolute Gasteiger partial charge is 0.383 e. The minimum absolute atomic E-state index is 0.115. The third kappa shape index (κ3) is 2.47. The van der Waals surface area contributed by atoms with Gasteiger partial charge in [0, 0.05) is 5.75 Å². The standard InChI is InChI=1S/C15H19N3OS/c1-14(2)9-15(19,11-20-10-14)13-8-16-17-18(13)12-6-4-3-5-7-12/h3-8,19H,9-11H2,1-2H3.